The lowest BCUT2D eigenvalue weighted by Crippen LogP contribution is -2.20. The first kappa shape index (κ1) is 16.9. The molecule has 1 rings (SSSR count). The van der Waals surface area contributed by atoms with Gasteiger partial charge in [-0.15, -0.1) is 0 Å². The van der Waals surface area contributed by atoms with Gasteiger partial charge in [0.2, 0.25) is 0 Å². The van der Waals surface area contributed by atoms with E-state index in [1.54, 1.807) is 12.1 Å². The van der Waals surface area contributed by atoms with Gasteiger partial charge in [-0.3, -0.25) is 4.79 Å². The monoisotopic (exact) mass is 369 g/mol. The third-order valence-electron chi connectivity index (χ3n) is 2.01. The number of carbonyl (C=O) groups excluding carboxylic acids is 1. The van der Waals surface area contributed by atoms with E-state index in [9.17, 15) is 22.2 Å². The largest absolute Gasteiger partial charge is 0.454 e. The van der Waals surface area contributed by atoms with Crippen molar-refractivity contribution in [2.75, 3.05) is 12.5 Å². The van der Waals surface area contributed by atoms with Crippen LogP contribution in [0.4, 0.5) is 13.2 Å². The van der Waals surface area contributed by atoms with Gasteiger partial charge in [-0.1, -0.05) is 28.1 Å². The molecule has 0 spiro atoms. The number of rotatable bonds is 3. The topological polar surface area (TPSA) is 46.5 Å². The Morgan fingerprint density at radius 1 is 1.25 bits per heavy atom. The van der Waals surface area contributed by atoms with E-state index in [2.05, 4.69) is 20.3 Å². The van der Waals surface area contributed by atoms with Crippen LogP contribution in [0, 0.1) is 0 Å². The van der Waals surface area contributed by atoms with Crippen LogP contribution in [-0.4, -0.2) is 28.7 Å². The fourth-order valence-electron chi connectivity index (χ4n) is 1.23. The Balaban J connectivity index is 3.38. The predicted octanol–water partition coefficient (Wildman–Crippen LogP) is 3.65. The molecule has 1 aromatic rings. The minimum absolute atomic E-state index is 0.255. The van der Waals surface area contributed by atoms with Gasteiger partial charge in [0.1, 0.15) is 0 Å². The van der Waals surface area contributed by atoms with E-state index in [0.717, 1.165) is 4.47 Å². The first-order chi connectivity index (χ1) is 8.99. The van der Waals surface area contributed by atoms with Gasteiger partial charge < -0.3 is 0 Å². The van der Waals surface area contributed by atoms with Crippen LogP contribution in [0.15, 0.2) is 39.2 Å². The molecule has 0 fully saturated rings. The highest BCUT2D eigenvalue weighted by Gasteiger charge is 2.37. The number of benzene rings is 1. The molecule has 0 amide bonds. The van der Waals surface area contributed by atoms with Crippen LogP contribution >= 0.6 is 15.9 Å². The van der Waals surface area contributed by atoms with Crippen molar-refractivity contribution in [1.29, 1.82) is 0 Å². The summed E-state index contributed by atoms with van der Waals surface area (Å²) in [6.45, 7) is 0. The molecular formula is C12H11BrF3NO2S. The Hall–Kier alpha value is -1.15. The summed E-state index contributed by atoms with van der Waals surface area (Å²) in [5.41, 5.74) is 0.0250. The predicted molar refractivity (Wildman–Crippen MR) is 75.6 cm³/mol. The molecule has 1 aromatic carbocycles. The molecule has 110 valence electrons. The smallest absolute Gasteiger partial charge is 0.285 e. The molecule has 0 radical (unpaired) electrons. The highest BCUT2D eigenvalue weighted by Crippen LogP contribution is 2.24. The van der Waals surface area contributed by atoms with Crippen LogP contribution in [0.1, 0.15) is 5.56 Å². The number of hydrogen-bond acceptors (Lipinski definition) is 3. The Bertz CT molecular complexity index is 648. The lowest BCUT2D eigenvalue weighted by atomic mass is 10.1. The van der Waals surface area contributed by atoms with Crippen molar-refractivity contribution in [2.24, 2.45) is 4.36 Å². The SMILES string of the molecule is CS(C)(=O)=N/C(=C/C(=O)C(F)(F)F)c1ccc(Br)cc1. The van der Waals surface area contributed by atoms with E-state index in [-0.39, 0.29) is 11.3 Å². The zero-order chi connectivity index (χ0) is 15.6. The Kier molecular flexibility index (Phi) is 5.15. The second kappa shape index (κ2) is 6.09. The fourth-order valence-corrected chi connectivity index (χ4v) is 2.12. The van der Waals surface area contributed by atoms with Gasteiger partial charge in [-0.05, 0) is 12.1 Å². The molecule has 0 aliphatic carbocycles. The normalized spacial score (nSPS) is 13.2. The van der Waals surface area contributed by atoms with Crippen molar-refractivity contribution in [1.82, 2.24) is 0 Å². The Labute approximate surface area is 123 Å². The van der Waals surface area contributed by atoms with Crippen molar-refractivity contribution in [3.8, 4) is 0 Å². The van der Waals surface area contributed by atoms with E-state index in [4.69, 9.17) is 0 Å². The van der Waals surface area contributed by atoms with Crippen molar-refractivity contribution in [3.05, 3.63) is 40.4 Å². The number of ketones is 1. The third kappa shape index (κ3) is 5.46. The number of nitrogens with zero attached hydrogens (tertiary/aromatic N) is 1. The first-order valence-corrected chi connectivity index (χ1v) is 8.37. The second-order valence-electron chi connectivity index (χ2n) is 4.17. The van der Waals surface area contributed by atoms with Crippen molar-refractivity contribution >= 4 is 37.1 Å². The number of hydrogen-bond donors (Lipinski definition) is 0. The van der Waals surface area contributed by atoms with Gasteiger partial charge >= 0.3 is 6.18 Å². The third-order valence-corrected chi connectivity index (χ3v) is 3.17. The number of halogens is 4. The summed E-state index contributed by atoms with van der Waals surface area (Å²) >= 11 is 3.19. The average Bonchev–Trinajstić information content (AvgIpc) is 2.25. The molecule has 3 nitrogen and oxygen atoms in total. The fraction of sp³-hybridized carbons (Fsp3) is 0.250. The summed E-state index contributed by atoms with van der Waals surface area (Å²) in [4.78, 5) is 11.0. The summed E-state index contributed by atoms with van der Waals surface area (Å²) < 4.78 is 53.0. The quantitative estimate of drug-likeness (QED) is 0.763. The molecule has 0 aliphatic heterocycles. The maximum Gasteiger partial charge on any atom is 0.454 e. The summed E-state index contributed by atoms with van der Waals surface area (Å²) in [6.07, 6.45) is -2.08. The highest BCUT2D eigenvalue weighted by molar-refractivity contribution is 9.10. The van der Waals surface area contributed by atoms with E-state index < -0.39 is 21.7 Å². The van der Waals surface area contributed by atoms with Gasteiger partial charge in [0.15, 0.2) is 0 Å². The van der Waals surface area contributed by atoms with Crippen LogP contribution < -0.4 is 0 Å². The molecule has 0 heterocycles. The number of alkyl halides is 3. The average molecular weight is 370 g/mol. The van der Waals surface area contributed by atoms with Crippen LogP contribution in [0.3, 0.4) is 0 Å². The van der Waals surface area contributed by atoms with Gasteiger partial charge in [0, 0.05) is 38.4 Å². The first-order valence-electron chi connectivity index (χ1n) is 5.25. The van der Waals surface area contributed by atoms with Gasteiger partial charge in [-0.2, -0.15) is 17.5 Å². The molecule has 0 N–H and O–H groups in total. The van der Waals surface area contributed by atoms with Gasteiger partial charge in [0.25, 0.3) is 5.78 Å². The molecule has 0 saturated carbocycles. The lowest BCUT2D eigenvalue weighted by Gasteiger charge is -2.06. The Morgan fingerprint density at radius 2 is 1.75 bits per heavy atom. The molecule has 0 unspecified atom stereocenters. The van der Waals surface area contributed by atoms with Crippen molar-refractivity contribution < 1.29 is 22.2 Å². The van der Waals surface area contributed by atoms with Gasteiger partial charge in [0.05, 0.1) is 5.70 Å². The molecule has 0 bridgehead atoms. The molecule has 0 aromatic heterocycles. The minimum Gasteiger partial charge on any atom is -0.285 e. The lowest BCUT2D eigenvalue weighted by molar-refractivity contribution is -0.165. The van der Waals surface area contributed by atoms with Crippen molar-refractivity contribution in [3.63, 3.8) is 0 Å². The summed E-state index contributed by atoms with van der Waals surface area (Å²) in [5, 5.41) is 0. The van der Waals surface area contributed by atoms with Crippen LogP contribution in [-0.2, 0) is 14.5 Å². The molecule has 20 heavy (non-hydrogen) atoms. The van der Waals surface area contributed by atoms with Crippen LogP contribution in [0.2, 0.25) is 0 Å². The number of carbonyl (C=O) groups is 1. The van der Waals surface area contributed by atoms with E-state index in [1.165, 1.54) is 24.6 Å². The molecule has 0 atom stereocenters. The molecular weight excluding hydrogens is 359 g/mol. The second-order valence-corrected chi connectivity index (χ2v) is 7.63. The highest BCUT2D eigenvalue weighted by atomic mass is 79.9. The zero-order valence-corrected chi connectivity index (χ0v) is 13.0. The van der Waals surface area contributed by atoms with Crippen LogP contribution in [0.25, 0.3) is 5.70 Å². The molecule has 0 saturated heterocycles. The number of allylic oxidation sites excluding steroid dienone is 1. The van der Waals surface area contributed by atoms with Crippen molar-refractivity contribution in [2.45, 2.75) is 6.18 Å². The summed E-state index contributed by atoms with van der Waals surface area (Å²) in [7, 11) is -2.70. The maximum atomic E-state index is 12.3. The maximum absolute atomic E-state index is 12.3. The van der Waals surface area contributed by atoms with Gasteiger partial charge in [-0.25, -0.2) is 4.21 Å². The van der Waals surface area contributed by atoms with E-state index in [0.29, 0.717) is 6.08 Å². The summed E-state index contributed by atoms with van der Waals surface area (Å²) in [5.74, 6) is -2.04. The molecule has 8 heteroatoms. The minimum atomic E-state index is -4.99. The standard InChI is InChI=1S/C12H11BrF3NO2S/c1-20(2,19)17-10(7-11(18)12(14,15)16)8-3-5-9(13)6-4-8/h3-7H,1-2H3/b10-7+. The van der Waals surface area contributed by atoms with E-state index >= 15 is 0 Å². The van der Waals surface area contributed by atoms with E-state index in [1.807, 2.05) is 0 Å². The zero-order valence-electron chi connectivity index (χ0n) is 10.6. The molecule has 0 aliphatic rings. The van der Waals surface area contributed by atoms with Crippen LogP contribution in [0.5, 0.6) is 0 Å². The Morgan fingerprint density at radius 3 is 2.15 bits per heavy atom. The summed E-state index contributed by atoms with van der Waals surface area (Å²) in [6, 6.07) is 6.14.